The SMILES string of the molecule is CC1CCC(N2CC3CNCC3C2(C)C)CC1C. The van der Waals surface area contributed by atoms with E-state index in [1.165, 1.54) is 38.9 Å². The molecule has 1 saturated carbocycles. The number of nitrogens with zero attached hydrogens (tertiary/aromatic N) is 1. The highest BCUT2D eigenvalue weighted by Gasteiger charge is 2.51. The van der Waals surface area contributed by atoms with Crippen LogP contribution in [-0.4, -0.2) is 36.1 Å². The lowest BCUT2D eigenvalue weighted by Gasteiger charge is -2.45. The summed E-state index contributed by atoms with van der Waals surface area (Å²) in [6, 6.07) is 0.858. The van der Waals surface area contributed by atoms with Gasteiger partial charge in [0.1, 0.15) is 0 Å². The van der Waals surface area contributed by atoms with Gasteiger partial charge in [-0.3, -0.25) is 4.90 Å². The van der Waals surface area contributed by atoms with Crippen LogP contribution < -0.4 is 5.32 Å². The van der Waals surface area contributed by atoms with Crippen molar-refractivity contribution in [1.29, 1.82) is 0 Å². The molecule has 3 rings (SSSR count). The highest BCUT2D eigenvalue weighted by molar-refractivity contribution is 5.06. The molecule has 2 heteroatoms. The Morgan fingerprint density at radius 2 is 1.83 bits per heavy atom. The number of nitrogens with one attached hydrogen (secondary N) is 1. The van der Waals surface area contributed by atoms with E-state index in [9.17, 15) is 0 Å². The van der Waals surface area contributed by atoms with Crippen molar-refractivity contribution in [2.45, 2.75) is 58.5 Å². The summed E-state index contributed by atoms with van der Waals surface area (Å²) in [6.45, 7) is 13.7. The van der Waals surface area contributed by atoms with Gasteiger partial charge >= 0.3 is 0 Å². The molecule has 5 atom stereocenters. The molecule has 1 aliphatic carbocycles. The van der Waals surface area contributed by atoms with Crippen molar-refractivity contribution in [1.82, 2.24) is 10.2 Å². The highest BCUT2D eigenvalue weighted by Crippen LogP contribution is 2.45. The van der Waals surface area contributed by atoms with Crippen LogP contribution in [0.3, 0.4) is 0 Å². The maximum Gasteiger partial charge on any atom is 0.0200 e. The fourth-order valence-corrected chi connectivity index (χ4v) is 4.87. The Hall–Kier alpha value is -0.0800. The first kappa shape index (κ1) is 12.9. The first-order valence-corrected chi connectivity index (χ1v) is 7.97. The molecule has 0 aromatic rings. The van der Waals surface area contributed by atoms with E-state index < -0.39 is 0 Å². The predicted octanol–water partition coefficient (Wildman–Crippen LogP) is 2.74. The van der Waals surface area contributed by atoms with Gasteiger partial charge in [0.2, 0.25) is 0 Å². The van der Waals surface area contributed by atoms with Crippen LogP contribution in [0.1, 0.15) is 47.0 Å². The molecule has 3 fully saturated rings. The Bertz CT molecular complexity index is 312. The number of rotatable bonds is 1. The summed E-state index contributed by atoms with van der Waals surface area (Å²) in [4.78, 5) is 2.88. The zero-order chi connectivity index (χ0) is 12.9. The quantitative estimate of drug-likeness (QED) is 0.770. The molecule has 0 amide bonds. The molecule has 2 aliphatic heterocycles. The molecular formula is C16H30N2. The number of fused-ring (bicyclic) bond motifs is 1. The molecule has 104 valence electrons. The summed E-state index contributed by atoms with van der Waals surface area (Å²) < 4.78 is 0. The Labute approximate surface area is 113 Å². The fraction of sp³-hybridized carbons (Fsp3) is 1.00. The van der Waals surface area contributed by atoms with Crippen LogP contribution in [0, 0.1) is 23.7 Å². The van der Waals surface area contributed by atoms with E-state index in [0.717, 1.165) is 29.7 Å². The van der Waals surface area contributed by atoms with Crippen molar-refractivity contribution in [2.24, 2.45) is 23.7 Å². The monoisotopic (exact) mass is 250 g/mol. The third-order valence-corrected chi connectivity index (χ3v) is 6.43. The molecule has 18 heavy (non-hydrogen) atoms. The average Bonchev–Trinajstić information content (AvgIpc) is 2.86. The van der Waals surface area contributed by atoms with Crippen LogP contribution in [-0.2, 0) is 0 Å². The topological polar surface area (TPSA) is 15.3 Å². The summed E-state index contributed by atoms with van der Waals surface area (Å²) in [7, 11) is 0. The van der Waals surface area contributed by atoms with Crippen LogP contribution in [0.15, 0.2) is 0 Å². The zero-order valence-electron chi connectivity index (χ0n) is 12.6. The second kappa shape index (κ2) is 4.49. The van der Waals surface area contributed by atoms with E-state index in [0.29, 0.717) is 5.54 Å². The Balaban J connectivity index is 1.73. The Morgan fingerprint density at radius 3 is 2.50 bits per heavy atom. The standard InChI is InChI=1S/C16H30N2/c1-11-5-6-14(7-12(11)2)18-10-13-8-17-9-15(13)16(18,3)4/h11-15,17H,5-10H2,1-4H3. The maximum atomic E-state index is 3.59. The molecule has 0 aromatic heterocycles. The van der Waals surface area contributed by atoms with Gasteiger partial charge in [0.15, 0.2) is 0 Å². The third kappa shape index (κ3) is 1.92. The molecule has 2 heterocycles. The summed E-state index contributed by atoms with van der Waals surface area (Å²) in [5.74, 6) is 3.65. The van der Waals surface area contributed by atoms with E-state index in [1.54, 1.807) is 0 Å². The largest absolute Gasteiger partial charge is 0.316 e. The number of likely N-dealkylation sites (tertiary alicyclic amines) is 1. The fourth-order valence-electron chi connectivity index (χ4n) is 4.87. The van der Waals surface area contributed by atoms with Crippen molar-refractivity contribution >= 4 is 0 Å². The molecule has 5 unspecified atom stereocenters. The molecule has 0 spiro atoms. The van der Waals surface area contributed by atoms with Crippen LogP contribution >= 0.6 is 0 Å². The molecule has 2 saturated heterocycles. The van der Waals surface area contributed by atoms with Crippen molar-refractivity contribution < 1.29 is 0 Å². The predicted molar refractivity (Wildman–Crippen MR) is 76.6 cm³/mol. The van der Waals surface area contributed by atoms with Gasteiger partial charge in [-0.15, -0.1) is 0 Å². The third-order valence-electron chi connectivity index (χ3n) is 6.43. The van der Waals surface area contributed by atoms with Crippen molar-refractivity contribution in [2.75, 3.05) is 19.6 Å². The van der Waals surface area contributed by atoms with Crippen molar-refractivity contribution in [3.63, 3.8) is 0 Å². The van der Waals surface area contributed by atoms with Crippen LogP contribution in [0.5, 0.6) is 0 Å². The minimum atomic E-state index is 0.416. The summed E-state index contributed by atoms with van der Waals surface area (Å²) in [5.41, 5.74) is 0.416. The van der Waals surface area contributed by atoms with Gasteiger partial charge in [-0.1, -0.05) is 13.8 Å². The van der Waals surface area contributed by atoms with Gasteiger partial charge in [0, 0.05) is 24.7 Å². The van der Waals surface area contributed by atoms with Gasteiger partial charge in [0.25, 0.3) is 0 Å². The van der Waals surface area contributed by atoms with Crippen molar-refractivity contribution in [3.8, 4) is 0 Å². The molecule has 3 aliphatic rings. The van der Waals surface area contributed by atoms with Gasteiger partial charge < -0.3 is 5.32 Å². The normalized spacial score (nSPS) is 48.3. The Kier molecular flexibility index (Phi) is 3.22. The van der Waals surface area contributed by atoms with E-state index in [-0.39, 0.29) is 0 Å². The molecule has 0 aromatic carbocycles. The maximum absolute atomic E-state index is 3.59. The van der Waals surface area contributed by atoms with E-state index in [2.05, 4.69) is 37.9 Å². The lowest BCUT2D eigenvalue weighted by atomic mass is 9.77. The molecule has 1 N–H and O–H groups in total. The summed E-state index contributed by atoms with van der Waals surface area (Å²) in [5, 5.41) is 3.59. The highest BCUT2D eigenvalue weighted by atomic mass is 15.3. The van der Waals surface area contributed by atoms with E-state index in [1.807, 2.05) is 0 Å². The van der Waals surface area contributed by atoms with Crippen LogP contribution in [0.25, 0.3) is 0 Å². The zero-order valence-corrected chi connectivity index (χ0v) is 12.6. The van der Waals surface area contributed by atoms with Crippen LogP contribution in [0.4, 0.5) is 0 Å². The van der Waals surface area contributed by atoms with Crippen LogP contribution in [0.2, 0.25) is 0 Å². The smallest absolute Gasteiger partial charge is 0.0200 e. The van der Waals surface area contributed by atoms with Gasteiger partial charge in [-0.2, -0.15) is 0 Å². The molecule has 0 radical (unpaired) electrons. The lowest BCUT2D eigenvalue weighted by molar-refractivity contribution is 0.0439. The van der Waals surface area contributed by atoms with Gasteiger partial charge in [0.05, 0.1) is 0 Å². The summed E-state index contributed by atoms with van der Waals surface area (Å²) in [6.07, 6.45) is 4.30. The first-order valence-electron chi connectivity index (χ1n) is 7.97. The molecule has 2 nitrogen and oxygen atoms in total. The minimum absolute atomic E-state index is 0.416. The lowest BCUT2D eigenvalue weighted by Crippen LogP contribution is -2.51. The van der Waals surface area contributed by atoms with E-state index >= 15 is 0 Å². The second-order valence-electron chi connectivity index (χ2n) is 7.75. The van der Waals surface area contributed by atoms with Crippen molar-refractivity contribution in [3.05, 3.63) is 0 Å². The van der Waals surface area contributed by atoms with E-state index in [4.69, 9.17) is 0 Å². The number of hydrogen-bond donors (Lipinski definition) is 1. The minimum Gasteiger partial charge on any atom is -0.316 e. The average molecular weight is 250 g/mol. The summed E-state index contributed by atoms with van der Waals surface area (Å²) >= 11 is 0. The van der Waals surface area contributed by atoms with Gasteiger partial charge in [-0.05, 0) is 63.3 Å². The first-order chi connectivity index (χ1) is 8.50. The Morgan fingerprint density at radius 1 is 1.06 bits per heavy atom. The molecule has 0 bridgehead atoms. The van der Waals surface area contributed by atoms with Gasteiger partial charge in [-0.25, -0.2) is 0 Å². The molecular weight excluding hydrogens is 220 g/mol. The number of hydrogen-bond acceptors (Lipinski definition) is 2. The second-order valence-corrected chi connectivity index (χ2v) is 7.75.